The van der Waals surface area contributed by atoms with E-state index in [-0.39, 0.29) is 31.3 Å². The number of aliphatic hydroxyl groups excluding tert-OH is 1. The van der Waals surface area contributed by atoms with E-state index in [1.807, 2.05) is 19.1 Å². The fourth-order valence-corrected chi connectivity index (χ4v) is 2.62. The maximum atomic E-state index is 13.2. The number of unbranched alkanes of at least 4 members (excludes halogenated alkanes) is 2. The van der Waals surface area contributed by atoms with Crippen LogP contribution in [0.1, 0.15) is 49.1 Å². The summed E-state index contributed by atoms with van der Waals surface area (Å²) in [6, 6.07) is 9.56. The molecule has 0 amide bonds. The number of hydrogen-bond acceptors (Lipinski definition) is 3. The van der Waals surface area contributed by atoms with Crippen LogP contribution in [0.25, 0.3) is 11.3 Å². The molecule has 150 valence electrons. The molecular weight excluding hydrogens is 373 g/mol. The van der Waals surface area contributed by atoms with E-state index in [9.17, 15) is 18.3 Å². The molecule has 1 atom stereocenters. The Bertz CT molecular complexity index is 705. The summed E-state index contributed by atoms with van der Waals surface area (Å²) in [4.78, 5) is 3.75. The standard InChI is InChI=1S/C20H25F3N2O.H2S/c1-3-4-5-10-24-13-18(26)16-11-17(15-8-6-14(2)7-9-15)25-19(12-16)20(21,22)23;/h6-9,11-12,18,24,26H,3-5,10,13H2,1-2H3;1H2/t18-;/m1./s1. The molecule has 1 aromatic carbocycles. The summed E-state index contributed by atoms with van der Waals surface area (Å²) < 4.78 is 39.7. The lowest BCUT2D eigenvalue weighted by molar-refractivity contribution is -0.141. The van der Waals surface area contributed by atoms with E-state index < -0.39 is 18.0 Å². The van der Waals surface area contributed by atoms with E-state index in [0.717, 1.165) is 37.4 Å². The van der Waals surface area contributed by atoms with Crippen LogP contribution in [0.3, 0.4) is 0 Å². The Balaban J connectivity index is 0.00000364. The van der Waals surface area contributed by atoms with Gasteiger partial charge in [0.25, 0.3) is 0 Å². The average molecular weight is 401 g/mol. The van der Waals surface area contributed by atoms with E-state index in [0.29, 0.717) is 5.56 Å². The minimum Gasteiger partial charge on any atom is -0.387 e. The molecule has 27 heavy (non-hydrogen) atoms. The molecule has 0 aliphatic rings. The van der Waals surface area contributed by atoms with Gasteiger partial charge in [-0.2, -0.15) is 26.7 Å². The summed E-state index contributed by atoms with van der Waals surface area (Å²) in [6.07, 6.45) is -2.45. The highest BCUT2D eigenvalue weighted by Gasteiger charge is 2.33. The summed E-state index contributed by atoms with van der Waals surface area (Å²) in [5.41, 5.74) is 1.03. The molecule has 0 saturated carbocycles. The first-order valence-electron chi connectivity index (χ1n) is 8.86. The Morgan fingerprint density at radius 2 is 1.78 bits per heavy atom. The summed E-state index contributed by atoms with van der Waals surface area (Å²) in [7, 11) is 0. The summed E-state index contributed by atoms with van der Waals surface area (Å²) >= 11 is 0. The number of rotatable bonds is 8. The fraction of sp³-hybridized carbons (Fsp3) is 0.450. The van der Waals surface area contributed by atoms with Crippen molar-refractivity contribution in [3.8, 4) is 11.3 Å². The quantitative estimate of drug-likeness (QED) is 0.613. The maximum Gasteiger partial charge on any atom is 0.433 e. The van der Waals surface area contributed by atoms with Crippen molar-refractivity contribution in [1.82, 2.24) is 10.3 Å². The first-order valence-corrected chi connectivity index (χ1v) is 8.86. The third-order valence-electron chi connectivity index (χ3n) is 4.17. The molecule has 1 heterocycles. The van der Waals surface area contributed by atoms with Crippen LogP contribution in [0.5, 0.6) is 0 Å². The summed E-state index contributed by atoms with van der Waals surface area (Å²) in [5.74, 6) is 0. The van der Waals surface area contributed by atoms with Gasteiger partial charge in [-0.15, -0.1) is 0 Å². The number of aryl methyl sites for hydroxylation is 1. The van der Waals surface area contributed by atoms with Crippen LogP contribution in [-0.2, 0) is 6.18 Å². The molecule has 0 bridgehead atoms. The molecule has 0 fully saturated rings. The lowest BCUT2D eigenvalue weighted by atomic mass is 10.0. The predicted molar refractivity (Wildman–Crippen MR) is 107 cm³/mol. The molecule has 2 N–H and O–H groups in total. The van der Waals surface area contributed by atoms with Gasteiger partial charge < -0.3 is 10.4 Å². The molecule has 2 aromatic rings. The van der Waals surface area contributed by atoms with E-state index in [1.165, 1.54) is 6.07 Å². The molecule has 0 aliphatic heterocycles. The van der Waals surface area contributed by atoms with Crippen LogP contribution >= 0.6 is 13.5 Å². The highest BCUT2D eigenvalue weighted by atomic mass is 32.1. The van der Waals surface area contributed by atoms with E-state index >= 15 is 0 Å². The van der Waals surface area contributed by atoms with Crippen molar-refractivity contribution in [2.45, 2.75) is 45.4 Å². The van der Waals surface area contributed by atoms with Crippen LogP contribution in [-0.4, -0.2) is 23.2 Å². The number of pyridine rings is 1. The van der Waals surface area contributed by atoms with E-state index in [4.69, 9.17) is 0 Å². The number of nitrogens with zero attached hydrogens (tertiary/aromatic N) is 1. The zero-order chi connectivity index (χ0) is 19.2. The van der Waals surface area contributed by atoms with Gasteiger partial charge >= 0.3 is 6.18 Å². The summed E-state index contributed by atoms with van der Waals surface area (Å²) in [5, 5.41) is 13.4. The Hall–Kier alpha value is -1.57. The molecule has 2 rings (SSSR count). The van der Waals surface area contributed by atoms with Crippen molar-refractivity contribution in [2.24, 2.45) is 0 Å². The predicted octanol–water partition coefficient (Wildman–Crippen LogP) is 5.00. The van der Waals surface area contributed by atoms with Crippen molar-refractivity contribution in [3.63, 3.8) is 0 Å². The number of aliphatic hydroxyl groups is 1. The van der Waals surface area contributed by atoms with Crippen molar-refractivity contribution in [3.05, 3.63) is 53.2 Å². The van der Waals surface area contributed by atoms with Crippen LogP contribution in [0.4, 0.5) is 13.2 Å². The molecule has 0 spiro atoms. The van der Waals surface area contributed by atoms with E-state index in [1.54, 1.807) is 12.1 Å². The van der Waals surface area contributed by atoms with Crippen LogP contribution in [0.15, 0.2) is 36.4 Å². The van der Waals surface area contributed by atoms with Crippen LogP contribution < -0.4 is 5.32 Å². The Morgan fingerprint density at radius 3 is 2.37 bits per heavy atom. The third-order valence-corrected chi connectivity index (χ3v) is 4.17. The van der Waals surface area contributed by atoms with Crippen molar-refractivity contribution < 1.29 is 18.3 Å². The van der Waals surface area contributed by atoms with Crippen molar-refractivity contribution >= 4 is 13.5 Å². The number of halogens is 3. The lowest BCUT2D eigenvalue weighted by Gasteiger charge is -2.16. The van der Waals surface area contributed by atoms with Crippen LogP contribution in [0.2, 0.25) is 0 Å². The molecule has 0 saturated heterocycles. The molecule has 0 aliphatic carbocycles. The number of benzene rings is 1. The number of nitrogens with one attached hydrogen (secondary N) is 1. The van der Waals surface area contributed by atoms with Gasteiger partial charge in [0.15, 0.2) is 0 Å². The number of aromatic nitrogens is 1. The topological polar surface area (TPSA) is 45.1 Å². The van der Waals surface area contributed by atoms with E-state index in [2.05, 4.69) is 17.2 Å². The van der Waals surface area contributed by atoms with Gasteiger partial charge in [-0.05, 0) is 37.6 Å². The highest BCUT2D eigenvalue weighted by molar-refractivity contribution is 7.59. The smallest absolute Gasteiger partial charge is 0.387 e. The molecular formula is C20H27F3N2OS. The first-order chi connectivity index (χ1) is 12.3. The normalized spacial score (nSPS) is 12.5. The van der Waals surface area contributed by atoms with Gasteiger partial charge in [-0.3, -0.25) is 0 Å². The first kappa shape index (κ1) is 23.5. The Kier molecular flexibility index (Phi) is 9.29. The monoisotopic (exact) mass is 400 g/mol. The lowest BCUT2D eigenvalue weighted by Crippen LogP contribution is -2.23. The van der Waals surface area contributed by atoms with Gasteiger partial charge in [-0.1, -0.05) is 49.6 Å². The minimum atomic E-state index is -4.57. The van der Waals surface area contributed by atoms with Crippen molar-refractivity contribution in [1.29, 1.82) is 0 Å². The number of hydrogen-bond donors (Lipinski definition) is 2. The second kappa shape index (κ2) is 10.7. The Labute approximate surface area is 165 Å². The second-order valence-corrected chi connectivity index (χ2v) is 6.46. The highest BCUT2D eigenvalue weighted by Crippen LogP contribution is 2.32. The Morgan fingerprint density at radius 1 is 1.11 bits per heavy atom. The molecule has 3 nitrogen and oxygen atoms in total. The zero-order valence-corrected chi connectivity index (χ0v) is 16.6. The third kappa shape index (κ3) is 7.16. The SMILES string of the molecule is CCCCCNC[C@@H](O)c1cc(-c2ccc(C)cc2)nc(C(F)(F)F)c1.S. The second-order valence-electron chi connectivity index (χ2n) is 6.46. The van der Waals surface area contributed by atoms with Gasteiger partial charge in [0, 0.05) is 12.1 Å². The average Bonchev–Trinajstić information content (AvgIpc) is 2.61. The number of alkyl halides is 3. The minimum absolute atomic E-state index is 0. The van der Waals surface area contributed by atoms with Gasteiger partial charge in [0.1, 0.15) is 5.69 Å². The molecule has 0 radical (unpaired) electrons. The zero-order valence-electron chi connectivity index (χ0n) is 15.6. The molecule has 7 heteroatoms. The fourth-order valence-electron chi connectivity index (χ4n) is 2.62. The molecule has 0 unspecified atom stereocenters. The molecule has 1 aromatic heterocycles. The van der Waals surface area contributed by atoms with Crippen molar-refractivity contribution in [2.75, 3.05) is 13.1 Å². The van der Waals surface area contributed by atoms with Gasteiger partial charge in [0.05, 0.1) is 11.8 Å². The largest absolute Gasteiger partial charge is 0.433 e. The van der Waals surface area contributed by atoms with Crippen LogP contribution in [0, 0.1) is 6.92 Å². The maximum absolute atomic E-state index is 13.2. The van der Waals surface area contributed by atoms with Gasteiger partial charge in [-0.25, -0.2) is 4.98 Å². The van der Waals surface area contributed by atoms with Gasteiger partial charge in [0.2, 0.25) is 0 Å². The summed E-state index contributed by atoms with van der Waals surface area (Å²) in [6.45, 7) is 4.94.